The number of carbonyl (C=O) groups is 2. The smallest absolute Gasteiger partial charge is 0.278 e. The van der Waals surface area contributed by atoms with Gasteiger partial charge in [0.05, 0.1) is 13.3 Å². The molecule has 0 aromatic carbocycles. The van der Waals surface area contributed by atoms with E-state index in [1.54, 1.807) is 11.9 Å². The molecule has 1 atom stereocenters. The average Bonchev–Trinajstić information content (AvgIpc) is 2.86. The largest absolute Gasteiger partial charge is 0.394 e. The third-order valence-electron chi connectivity index (χ3n) is 4.07. The lowest BCUT2D eigenvalue weighted by Gasteiger charge is -2.30. The van der Waals surface area contributed by atoms with Crippen LogP contribution in [0, 0.1) is 0 Å². The van der Waals surface area contributed by atoms with Gasteiger partial charge < -0.3 is 25.5 Å². The van der Waals surface area contributed by atoms with Crippen molar-refractivity contribution in [2.24, 2.45) is 0 Å². The maximum atomic E-state index is 12.7. The van der Waals surface area contributed by atoms with Gasteiger partial charge in [-0.25, -0.2) is 0 Å². The van der Waals surface area contributed by atoms with Crippen molar-refractivity contribution in [1.29, 1.82) is 0 Å². The van der Waals surface area contributed by atoms with Gasteiger partial charge in [0.15, 0.2) is 11.6 Å². The van der Waals surface area contributed by atoms with Gasteiger partial charge in [0, 0.05) is 20.1 Å². The van der Waals surface area contributed by atoms with Crippen LogP contribution in [0.25, 0.3) is 0 Å². The zero-order chi connectivity index (χ0) is 19.4. The SMILES string of the molecule is CC(=O)C(CO)N(CCNF)C(=O)CN1CN(C)c2c1nc(N)[nH]c2=O. The number of anilines is 3. The van der Waals surface area contributed by atoms with E-state index in [1.165, 1.54) is 17.4 Å². The summed E-state index contributed by atoms with van der Waals surface area (Å²) in [5.74, 6) is -0.778. The summed E-state index contributed by atoms with van der Waals surface area (Å²) in [6, 6.07) is -1.08. The van der Waals surface area contributed by atoms with Crippen molar-refractivity contribution in [2.75, 3.05) is 55.5 Å². The highest BCUT2D eigenvalue weighted by atomic mass is 19.2. The van der Waals surface area contributed by atoms with Crippen molar-refractivity contribution < 1.29 is 19.2 Å². The molecule has 0 saturated heterocycles. The third kappa shape index (κ3) is 3.91. The second kappa shape index (κ2) is 8.10. The van der Waals surface area contributed by atoms with Gasteiger partial charge in [-0.1, -0.05) is 0 Å². The van der Waals surface area contributed by atoms with Crippen molar-refractivity contribution >= 4 is 29.1 Å². The van der Waals surface area contributed by atoms with Crippen LogP contribution in [0.4, 0.5) is 21.9 Å². The molecule has 0 spiro atoms. The number of H-pyrrole nitrogens is 1. The van der Waals surface area contributed by atoms with E-state index < -0.39 is 29.9 Å². The van der Waals surface area contributed by atoms with Crippen LogP contribution in [0.3, 0.4) is 0 Å². The first-order valence-electron chi connectivity index (χ1n) is 7.90. The van der Waals surface area contributed by atoms with E-state index >= 15 is 0 Å². The van der Waals surface area contributed by atoms with Gasteiger partial charge in [0.1, 0.15) is 18.3 Å². The third-order valence-corrected chi connectivity index (χ3v) is 4.07. The van der Waals surface area contributed by atoms with Crippen LogP contribution in [0.15, 0.2) is 4.79 Å². The standard InChI is InChI=1S/C14H22FN7O4/c1-8(24)9(6-23)22(4-3-17-15)10(25)5-21-7-20(2)11-12(21)18-14(16)19-13(11)26/h9,17,23H,3-7H2,1-2H3,(H3,16,18,19,26). The number of halogens is 1. The summed E-state index contributed by atoms with van der Waals surface area (Å²) in [6.45, 7) is 0.348. The van der Waals surface area contributed by atoms with Crippen molar-refractivity contribution in [2.45, 2.75) is 13.0 Å². The number of aliphatic hydroxyl groups excluding tert-OH is 1. The van der Waals surface area contributed by atoms with Crippen LogP contribution in [0.5, 0.6) is 0 Å². The highest BCUT2D eigenvalue weighted by Gasteiger charge is 2.33. The molecule has 0 bridgehead atoms. The Hall–Kier alpha value is -2.73. The second-order valence-corrected chi connectivity index (χ2v) is 5.94. The lowest BCUT2D eigenvalue weighted by atomic mass is 10.1. The van der Waals surface area contributed by atoms with Gasteiger partial charge >= 0.3 is 0 Å². The maximum absolute atomic E-state index is 12.7. The number of aromatic nitrogens is 2. The predicted octanol–water partition coefficient (Wildman–Crippen LogP) is -2.18. The zero-order valence-corrected chi connectivity index (χ0v) is 14.5. The topological polar surface area (TPSA) is 148 Å². The van der Waals surface area contributed by atoms with Gasteiger partial charge in [-0.2, -0.15) is 10.5 Å². The summed E-state index contributed by atoms with van der Waals surface area (Å²) in [4.78, 5) is 47.1. The minimum Gasteiger partial charge on any atom is -0.394 e. The Kier molecular flexibility index (Phi) is 6.10. The minimum atomic E-state index is -1.08. The van der Waals surface area contributed by atoms with E-state index in [4.69, 9.17) is 5.73 Å². The van der Waals surface area contributed by atoms with Crippen molar-refractivity contribution in [3.05, 3.63) is 10.4 Å². The highest BCUT2D eigenvalue weighted by molar-refractivity contribution is 5.90. The molecule has 0 saturated carbocycles. The van der Waals surface area contributed by atoms with Gasteiger partial charge in [0.25, 0.3) is 5.56 Å². The first-order chi connectivity index (χ1) is 12.3. The number of nitrogens with two attached hydrogens (primary N) is 1. The monoisotopic (exact) mass is 371 g/mol. The van der Waals surface area contributed by atoms with Crippen LogP contribution in [-0.2, 0) is 9.59 Å². The Morgan fingerprint density at radius 3 is 2.81 bits per heavy atom. The lowest BCUT2D eigenvalue weighted by molar-refractivity contribution is -0.139. The molecule has 1 aliphatic rings. The molecule has 26 heavy (non-hydrogen) atoms. The number of rotatable bonds is 8. The maximum Gasteiger partial charge on any atom is 0.278 e. The molecule has 2 rings (SSSR count). The lowest BCUT2D eigenvalue weighted by Crippen LogP contribution is -2.52. The number of nitrogens with one attached hydrogen (secondary N) is 2. The van der Waals surface area contributed by atoms with Gasteiger partial charge in [-0.05, 0) is 6.92 Å². The van der Waals surface area contributed by atoms with Crippen LogP contribution in [0.2, 0.25) is 0 Å². The summed E-state index contributed by atoms with van der Waals surface area (Å²) < 4.78 is 12.3. The quantitative estimate of drug-likeness (QED) is 0.374. The molecule has 0 radical (unpaired) electrons. The zero-order valence-electron chi connectivity index (χ0n) is 14.5. The summed E-state index contributed by atoms with van der Waals surface area (Å²) in [6.07, 6.45) is 0. The van der Waals surface area contributed by atoms with Crippen LogP contribution in [-0.4, -0.2) is 77.7 Å². The van der Waals surface area contributed by atoms with E-state index in [9.17, 15) is 24.0 Å². The molecule has 144 valence electrons. The van der Waals surface area contributed by atoms with Crippen LogP contribution in [0.1, 0.15) is 6.92 Å². The molecule has 2 heterocycles. The number of ketones is 1. The molecule has 5 N–H and O–H groups in total. The molecule has 1 aromatic heterocycles. The number of Topliss-reactive ketones (excluding diaryl/α,β-unsaturated/α-hetero) is 1. The number of hydrogen-bond acceptors (Lipinski definition) is 9. The number of nitrogens with zero attached hydrogens (tertiary/aromatic N) is 4. The fourth-order valence-electron chi connectivity index (χ4n) is 2.87. The summed E-state index contributed by atoms with van der Waals surface area (Å²) >= 11 is 0. The fourth-order valence-corrected chi connectivity index (χ4v) is 2.87. The van der Waals surface area contributed by atoms with E-state index in [0.29, 0.717) is 0 Å². The van der Waals surface area contributed by atoms with Crippen molar-refractivity contribution in [1.82, 2.24) is 20.4 Å². The molecular formula is C14H22FN7O4. The number of aliphatic hydroxyl groups is 1. The Morgan fingerprint density at radius 2 is 2.23 bits per heavy atom. The number of nitrogen functional groups attached to an aromatic ring is 1. The number of carbonyl (C=O) groups excluding carboxylic acids is 2. The van der Waals surface area contributed by atoms with Gasteiger partial charge in [0.2, 0.25) is 11.9 Å². The summed E-state index contributed by atoms with van der Waals surface area (Å²) in [5, 5.41) is 9.42. The predicted molar refractivity (Wildman–Crippen MR) is 92.3 cm³/mol. The molecule has 1 amide bonds. The molecule has 0 aliphatic carbocycles. The number of amides is 1. The summed E-state index contributed by atoms with van der Waals surface area (Å²) in [7, 11) is 1.66. The molecule has 1 aromatic rings. The molecule has 0 fully saturated rings. The van der Waals surface area contributed by atoms with Gasteiger partial charge in [-0.15, -0.1) is 4.48 Å². The Balaban J connectivity index is 2.25. The minimum absolute atomic E-state index is 0.0862. The average molecular weight is 371 g/mol. The van der Waals surface area contributed by atoms with E-state index in [2.05, 4.69) is 9.97 Å². The van der Waals surface area contributed by atoms with Crippen molar-refractivity contribution in [3.63, 3.8) is 0 Å². The second-order valence-electron chi connectivity index (χ2n) is 5.94. The van der Waals surface area contributed by atoms with Crippen LogP contribution >= 0.6 is 0 Å². The van der Waals surface area contributed by atoms with Crippen LogP contribution < -0.4 is 26.6 Å². The van der Waals surface area contributed by atoms with E-state index in [0.717, 1.165) is 4.90 Å². The molecule has 11 nitrogen and oxygen atoms in total. The Morgan fingerprint density at radius 1 is 1.54 bits per heavy atom. The van der Waals surface area contributed by atoms with E-state index in [-0.39, 0.29) is 43.8 Å². The Labute approximate surface area is 148 Å². The highest BCUT2D eigenvalue weighted by Crippen LogP contribution is 2.29. The Bertz CT molecular complexity index is 740. The fraction of sp³-hybridized carbons (Fsp3) is 0.571. The van der Waals surface area contributed by atoms with Gasteiger partial charge in [-0.3, -0.25) is 19.4 Å². The number of aromatic amines is 1. The molecule has 1 unspecified atom stereocenters. The van der Waals surface area contributed by atoms with Crippen molar-refractivity contribution in [3.8, 4) is 0 Å². The number of fused-ring (bicyclic) bond motifs is 1. The first kappa shape index (κ1) is 19.6. The molecular weight excluding hydrogens is 349 g/mol. The first-order valence-corrected chi connectivity index (χ1v) is 7.90. The van der Waals surface area contributed by atoms with E-state index in [1.807, 2.05) is 0 Å². The molecule has 1 aliphatic heterocycles. The molecule has 12 heteroatoms. The number of hydrogen-bond donors (Lipinski definition) is 4. The normalized spacial score (nSPS) is 14.3. The summed E-state index contributed by atoms with van der Waals surface area (Å²) in [5.41, 5.74) is 6.83.